The Morgan fingerprint density at radius 3 is 2.73 bits per heavy atom. The summed E-state index contributed by atoms with van der Waals surface area (Å²) in [5.74, 6) is 1.68. The normalized spacial score (nSPS) is 13.6. The zero-order valence-electron chi connectivity index (χ0n) is 16.0. The van der Waals surface area contributed by atoms with E-state index in [4.69, 9.17) is 21.1 Å². The summed E-state index contributed by atoms with van der Waals surface area (Å²) in [5.41, 5.74) is -0.000226. The average molecular weight is 577 g/mol. The lowest BCUT2D eigenvalue weighted by Crippen LogP contribution is -2.38. The minimum atomic E-state index is -4.41. The number of hydrogen-bond acceptors (Lipinski definition) is 5. The predicted octanol–water partition coefficient (Wildman–Crippen LogP) is 4.50. The number of halogens is 5. The number of aromatic nitrogens is 1. The van der Waals surface area contributed by atoms with Crippen LogP contribution < -0.4 is 20.1 Å². The molecule has 0 saturated heterocycles. The van der Waals surface area contributed by atoms with Crippen LogP contribution in [-0.2, 0) is 19.1 Å². The molecule has 12 heteroatoms. The zero-order chi connectivity index (χ0) is 20.9. The van der Waals surface area contributed by atoms with Crippen LogP contribution in [0.2, 0.25) is 5.02 Å². The number of ether oxygens (including phenoxy) is 2. The van der Waals surface area contributed by atoms with E-state index < -0.39 is 11.9 Å². The molecule has 3 rings (SSSR count). The third-order valence-corrected chi connectivity index (χ3v) is 5.08. The molecule has 0 amide bonds. The van der Waals surface area contributed by atoms with Gasteiger partial charge in [0.05, 0.1) is 16.6 Å². The lowest BCUT2D eigenvalue weighted by atomic mass is 10.2. The lowest BCUT2D eigenvalue weighted by molar-refractivity contribution is -0.140. The molecule has 1 aliphatic heterocycles. The van der Waals surface area contributed by atoms with Gasteiger partial charge in [-0.1, -0.05) is 11.6 Å². The number of thiazole rings is 1. The summed E-state index contributed by atoms with van der Waals surface area (Å²) < 4.78 is 48.9. The van der Waals surface area contributed by atoms with Gasteiger partial charge in [0.2, 0.25) is 0 Å². The van der Waals surface area contributed by atoms with Gasteiger partial charge in [0.15, 0.2) is 23.2 Å². The number of benzene rings is 1. The van der Waals surface area contributed by atoms with E-state index in [1.54, 1.807) is 6.07 Å². The smallest absolute Gasteiger partial charge is 0.434 e. The van der Waals surface area contributed by atoms with E-state index in [9.17, 15) is 13.2 Å². The van der Waals surface area contributed by atoms with Crippen molar-refractivity contribution < 1.29 is 22.6 Å². The minimum Gasteiger partial charge on any atom is -0.486 e. The van der Waals surface area contributed by atoms with E-state index in [0.717, 1.165) is 22.3 Å². The van der Waals surface area contributed by atoms with Crippen LogP contribution in [0, 0.1) is 0 Å². The highest BCUT2D eigenvalue weighted by molar-refractivity contribution is 14.0. The monoisotopic (exact) mass is 576 g/mol. The zero-order valence-corrected chi connectivity index (χ0v) is 19.9. The van der Waals surface area contributed by atoms with Gasteiger partial charge >= 0.3 is 6.18 Å². The maximum atomic E-state index is 12.6. The first-order valence-corrected chi connectivity index (χ1v) is 10.2. The van der Waals surface area contributed by atoms with Gasteiger partial charge in [-0.05, 0) is 24.6 Å². The van der Waals surface area contributed by atoms with Gasteiger partial charge in [-0.3, -0.25) is 0 Å². The third kappa shape index (κ3) is 6.77. The maximum Gasteiger partial charge on any atom is 0.434 e. The van der Waals surface area contributed by atoms with Crippen LogP contribution in [0.3, 0.4) is 0 Å². The number of hydrogen-bond donors (Lipinski definition) is 2. The second-order valence-electron chi connectivity index (χ2n) is 6.10. The predicted molar refractivity (Wildman–Crippen MR) is 121 cm³/mol. The number of alkyl halides is 3. The van der Waals surface area contributed by atoms with E-state index in [1.165, 1.54) is 0 Å². The molecule has 166 valence electrons. The van der Waals surface area contributed by atoms with Crippen molar-refractivity contribution in [3.8, 4) is 11.5 Å². The molecule has 2 N–H and O–H groups in total. The first-order valence-electron chi connectivity index (χ1n) is 8.98. The molecule has 0 saturated carbocycles. The third-order valence-electron chi connectivity index (χ3n) is 3.89. The highest BCUT2D eigenvalue weighted by Gasteiger charge is 2.33. The van der Waals surface area contributed by atoms with Crippen molar-refractivity contribution in [1.82, 2.24) is 15.6 Å². The van der Waals surface area contributed by atoms with Crippen LogP contribution in [0.4, 0.5) is 13.2 Å². The summed E-state index contributed by atoms with van der Waals surface area (Å²) in [4.78, 5) is 8.11. The summed E-state index contributed by atoms with van der Waals surface area (Å²) >= 11 is 7.23. The number of nitrogens with zero attached hydrogens (tertiary/aromatic N) is 2. The van der Waals surface area contributed by atoms with Crippen LogP contribution in [0.25, 0.3) is 0 Å². The van der Waals surface area contributed by atoms with Crippen molar-refractivity contribution in [3.63, 3.8) is 0 Å². The van der Waals surface area contributed by atoms with Gasteiger partial charge in [-0.2, -0.15) is 13.2 Å². The van der Waals surface area contributed by atoms with Gasteiger partial charge in [0, 0.05) is 24.9 Å². The molecule has 6 nitrogen and oxygen atoms in total. The van der Waals surface area contributed by atoms with Crippen molar-refractivity contribution in [3.05, 3.63) is 38.8 Å². The van der Waals surface area contributed by atoms with Crippen molar-refractivity contribution in [2.75, 3.05) is 26.3 Å². The molecule has 1 aliphatic rings. The van der Waals surface area contributed by atoms with Gasteiger partial charge in [0.1, 0.15) is 13.2 Å². The highest BCUT2D eigenvalue weighted by atomic mass is 127. The van der Waals surface area contributed by atoms with E-state index in [0.29, 0.717) is 66.8 Å². The van der Waals surface area contributed by atoms with Crippen LogP contribution in [0.15, 0.2) is 22.5 Å². The van der Waals surface area contributed by atoms with Crippen molar-refractivity contribution in [2.45, 2.75) is 26.1 Å². The molecule has 2 aromatic rings. The van der Waals surface area contributed by atoms with E-state index in [2.05, 4.69) is 20.6 Å². The summed E-state index contributed by atoms with van der Waals surface area (Å²) in [6.07, 6.45) is -4.05. The van der Waals surface area contributed by atoms with Crippen LogP contribution in [0.5, 0.6) is 11.5 Å². The van der Waals surface area contributed by atoms with Gasteiger partial charge in [-0.25, -0.2) is 9.98 Å². The van der Waals surface area contributed by atoms with E-state index >= 15 is 0 Å². The Labute approximate surface area is 198 Å². The van der Waals surface area contributed by atoms with Crippen LogP contribution in [-0.4, -0.2) is 37.2 Å². The number of nitrogens with one attached hydrogen (secondary N) is 2. The fraction of sp³-hybridized carbons (Fsp3) is 0.444. The molecule has 0 bridgehead atoms. The molecule has 0 spiro atoms. The molecule has 0 aliphatic carbocycles. The summed E-state index contributed by atoms with van der Waals surface area (Å²) in [7, 11) is 0. The average Bonchev–Trinajstić information content (AvgIpc) is 3.16. The van der Waals surface area contributed by atoms with E-state index in [-0.39, 0.29) is 24.0 Å². The first kappa shape index (κ1) is 24.8. The fourth-order valence-electron chi connectivity index (χ4n) is 2.61. The summed E-state index contributed by atoms with van der Waals surface area (Å²) in [6.45, 7) is 4.24. The molecule has 0 atom stereocenters. The van der Waals surface area contributed by atoms with Crippen molar-refractivity contribution >= 4 is 52.9 Å². The van der Waals surface area contributed by atoms with Crippen LogP contribution >= 0.6 is 46.9 Å². The quantitative estimate of drug-likeness (QED) is 0.301. The van der Waals surface area contributed by atoms with Crippen LogP contribution in [0.1, 0.15) is 23.2 Å². The number of aliphatic imine (C=N–C) groups is 1. The Morgan fingerprint density at radius 1 is 1.27 bits per heavy atom. The standard InChI is InChI=1S/C18H20ClF3N4O2S.HI/c1-2-23-17(24-4-3-15-26-14(10-29-15)18(20,21)22)25-9-11-7-12(19)16-13(8-11)27-5-6-28-16;/h7-8,10H,2-6,9H2,1H3,(H2,23,24,25);1H. The molecule has 0 fully saturated rings. The Kier molecular flexibility index (Phi) is 9.29. The summed E-state index contributed by atoms with van der Waals surface area (Å²) in [5, 5.41) is 8.11. The molecular formula is C18H21ClF3IN4O2S. The van der Waals surface area contributed by atoms with Crippen molar-refractivity contribution in [2.24, 2.45) is 4.99 Å². The fourth-order valence-corrected chi connectivity index (χ4v) is 3.70. The number of rotatable bonds is 6. The molecule has 30 heavy (non-hydrogen) atoms. The second-order valence-corrected chi connectivity index (χ2v) is 7.45. The van der Waals surface area contributed by atoms with Crippen molar-refractivity contribution in [1.29, 1.82) is 0 Å². The summed E-state index contributed by atoms with van der Waals surface area (Å²) in [6, 6.07) is 3.61. The molecule has 0 unspecified atom stereocenters. The Morgan fingerprint density at radius 2 is 2.03 bits per heavy atom. The van der Waals surface area contributed by atoms with Gasteiger partial charge in [-0.15, -0.1) is 35.3 Å². The molecule has 2 heterocycles. The first-order chi connectivity index (χ1) is 13.9. The molecule has 1 aromatic heterocycles. The topological polar surface area (TPSA) is 67.8 Å². The van der Waals surface area contributed by atoms with Gasteiger partial charge < -0.3 is 20.1 Å². The largest absolute Gasteiger partial charge is 0.486 e. The molecular weight excluding hydrogens is 556 g/mol. The van der Waals surface area contributed by atoms with Gasteiger partial charge in [0.25, 0.3) is 0 Å². The Balaban J connectivity index is 0.00000320. The number of guanidine groups is 1. The maximum absolute atomic E-state index is 12.6. The second kappa shape index (κ2) is 11.2. The minimum absolute atomic E-state index is 0. The lowest BCUT2D eigenvalue weighted by Gasteiger charge is -2.20. The SMILES string of the molecule is CCNC(=NCc1cc(Cl)c2c(c1)OCCO2)NCCc1nc(C(F)(F)F)cs1.I. The Bertz CT molecular complexity index is 880. The molecule has 0 radical (unpaired) electrons. The van der Waals surface area contributed by atoms with E-state index in [1.807, 2.05) is 13.0 Å². The highest BCUT2D eigenvalue weighted by Crippen LogP contribution is 2.38. The Hall–Kier alpha value is -1.47. The number of fused-ring (bicyclic) bond motifs is 1. The molecule has 1 aromatic carbocycles.